The standard InChI is InChI=1S/C29H28N6O4S2/c1-18-26(40-17-32-18)23-13-21-14-31-29(33-22-9-7-19(8-10-22)24-15-30-11-12-39-24)34-27(21)35(28(23)36)16-20-5-3-4-6-25(20)41(2,37)38/h3-10,13-14,17,24,30H,11-12,15-16H2,1-2H3,(H,31,33,34). The van der Waals surface area contributed by atoms with E-state index in [9.17, 15) is 13.2 Å². The summed E-state index contributed by atoms with van der Waals surface area (Å²) < 4.78 is 32.4. The van der Waals surface area contributed by atoms with Crippen molar-refractivity contribution in [3.63, 3.8) is 0 Å². The highest BCUT2D eigenvalue weighted by molar-refractivity contribution is 7.90. The number of rotatable bonds is 7. The molecule has 1 aliphatic rings. The molecular weight excluding hydrogens is 560 g/mol. The van der Waals surface area contributed by atoms with Crippen molar-refractivity contribution in [2.45, 2.75) is 24.5 Å². The van der Waals surface area contributed by atoms with Gasteiger partial charge in [0.05, 0.1) is 45.8 Å². The molecule has 6 rings (SSSR count). The number of thiazole rings is 1. The summed E-state index contributed by atoms with van der Waals surface area (Å²) in [6.45, 7) is 4.17. The van der Waals surface area contributed by atoms with Gasteiger partial charge in [-0.1, -0.05) is 30.3 Å². The van der Waals surface area contributed by atoms with Crippen molar-refractivity contribution >= 4 is 43.8 Å². The molecule has 0 spiro atoms. The van der Waals surface area contributed by atoms with E-state index in [0.29, 0.717) is 34.7 Å². The van der Waals surface area contributed by atoms with Crippen LogP contribution < -0.4 is 16.2 Å². The number of hydrogen-bond acceptors (Lipinski definition) is 10. The molecular formula is C29H28N6O4S2. The number of sulfone groups is 1. The number of aryl methyl sites for hydroxylation is 1. The number of morpholine rings is 1. The van der Waals surface area contributed by atoms with Crippen LogP contribution in [-0.4, -0.2) is 53.9 Å². The Labute approximate surface area is 241 Å². The average Bonchev–Trinajstić information content (AvgIpc) is 3.40. The van der Waals surface area contributed by atoms with E-state index in [0.717, 1.165) is 41.2 Å². The molecule has 2 aromatic carbocycles. The Morgan fingerprint density at radius 3 is 2.66 bits per heavy atom. The van der Waals surface area contributed by atoms with Gasteiger partial charge in [-0.3, -0.25) is 9.36 Å². The number of hydrogen-bond donors (Lipinski definition) is 2. The Morgan fingerprint density at radius 2 is 1.95 bits per heavy atom. The molecule has 1 aliphatic heterocycles. The van der Waals surface area contributed by atoms with Gasteiger partial charge in [-0.05, 0) is 42.3 Å². The van der Waals surface area contributed by atoms with Crippen LogP contribution in [0.3, 0.4) is 0 Å². The first-order chi connectivity index (χ1) is 19.8. The molecule has 1 saturated heterocycles. The van der Waals surface area contributed by atoms with E-state index < -0.39 is 9.84 Å². The Hall–Kier alpha value is -3.97. The van der Waals surface area contributed by atoms with E-state index >= 15 is 0 Å². The van der Waals surface area contributed by atoms with Gasteiger partial charge in [-0.2, -0.15) is 4.98 Å². The summed E-state index contributed by atoms with van der Waals surface area (Å²) in [7, 11) is -3.52. The second-order valence-corrected chi connectivity index (χ2v) is 12.7. The molecule has 0 amide bonds. The zero-order chi connectivity index (χ0) is 28.6. The normalized spacial score (nSPS) is 15.7. The van der Waals surface area contributed by atoms with Gasteiger partial charge in [0.25, 0.3) is 5.56 Å². The Kier molecular flexibility index (Phi) is 7.39. The van der Waals surface area contributed by atoms with E-state index in [-0.39, 0.29) is 23.1 Å². The van der Waals surface area contributed by atoms with Gasteiger partial charge < -0.3 is 15.4 Å². The maximum absolute atomic E-state index is 14.0. The minimum atomic E-state index is -3.52. The van der Waals surface area contributed by atoms with Crippen LogP contribution in [0, 0.1) is 6.92 Å². The second-order valence-electron chi connectivity index (χ2n) is 9.88. The highest BCUT2D eigenvalue weighted by Crippen LogP contribution is 2.28. The quantitative estimate of drug-likeness (QED) is 0.289. The van der Waals surface area contributed by atoms with E-state index in [2.05, 4.69) is 20.6 Å². The lowest BCUT2D eigenvalue weighted by molar-refractivity contribution is 0.0277. The summed E-state index contributed by atoms with van der Waals surface area (Å²) >= 11 is 1.38. The Balaban J connectivity index is 1.42. The van der Waals surface area contributed by atoms with E-state index in [1.165, 1.54) is 15.9 Å². The molecule has 0 saturated carbocycles. The third kappa shape index (κ3) is 5.64. The van der Waals surface area contributed by atoms with Gasteiger partial charge >= 0.3 is 0 Å². The molecule has 12 heteroatoms. The molecule has 10 nitrogen and oxygen atoms in total. The van der Waals surface area contributed by atoms with E-state index in [1.807, 2.05) is 31.2 Å². The molecule has 41 heavy (non-hydrogen) atoms. The number of nitrogens with zero attached hydrogens (tertiary/aromatic N) is 4. The first kappa shape index (κ1) is 27.2. The molecule has 0 aliphatic carbocycles. The maximum Gasteiger partial charge on any atom is 0.261 e. The summed E-state index contributed by atoms with van der Waals surface area (Å²) in [5.41, 5.74) is 5.36. The monoisotopic (exact) mass is 588 g/mol. The molecule has 0 bridgehead atoms. The SMILES string of the molecule is Cc1ncsc1-c1cc2cnc(Nc3ccc(C4CNCCO4)cc3)nc2n(Cc2ccccc2S(C)(=O)=O)c1=O. The summed E-state index contributed by atoms with van der Waals surface area (Å²) in [6.07, 6.45) is 2.84. The van der Waals surface area contributed by atoms with Crippen LogP contribution in [0.4, 0.5) is 11.6 Å². The van der Waals surface area contributed by atoms with Crippen molar-refractivity contribution in [3.8, 4) is 10.4 Å². The molecule has 210 valence electrons. The summed E-state index contributed by atoms with van der Waals surface area (Å²) in [4.78, 5) is 28.4. The Bertz CT molecular complexity index is 1900. The molecule has 1 unspecified atom stereocenters. The number of fused-ring (bicyclic) bond motifs is 1. The predicted octanol–water partition coefficient (Wildman–Crippen LogP) is 4.08. The lowest BCUT2D eigenvalue weighted by Gasteiger charge is -2.24. The smallest absolute Gasteiger partial charge is 0.261 e. The zero-order valence-corrected chi connectivity index (χ0v) is 24.1. The van der Waals surface area contributed by atoms with Crippen LogP contribution >= 0.6 is 11.3 Å². The number of benzene rings is 2. The molecule has 4 heterocycles. The Morgan fingerprint density at radius 1 is 1.15 bits per heavy atom. The van der Waals surface area contributed by atoms with Gasteiger partial charge in [0, 0.05) is 36.6 Å². The minimum absolute atomic E-state index is 0.00958. The molecule has 5 aromatic rings. The average molecular weight is 589 g/mol. The lowest BCUT2D eigenvalue weighted by atomic mass is 10.1. The topological polar surface area (TPSA) is 128 Å². The van der Waals surface area contributed by atoms with Gasteiger partial charge in [-0.15, -0.1) is 11.3 Å². The van der Waals surface area contributed by atoms with Gasteiger partial charge in [0.2, 0.25) is 5.95 Å². The number of ether oxygens (including phenoxy) is 1. The van der Waals surface area contributed by atoms with Crippen LogP contribution in [0.1, 0.15) is 22.9 Å². The number of aromatic nitrogens is 4. The largest absolute Gasteiger partial charge is 0.371 e. The summed E-state index contributed by atoms with van der Waals surface area (Å²) in [5, 5.41) is 7.21. The second kappa shape index (κ2) is 11.1. The zero-order valence-electron chi connectivity index (χ0n) is 22.5. The van der Waals surface area contributed by atoms with Crippen molar-refractivity contribution in [3.05, 3.63) is 93.5 Å². The van der Waals surface area contributed by atoms with Crippen LogP contribution in [-0.2, 0) is 21.1 Å². The fourth-order valence-electron chi connectivity index (χ4n) is 4.95. The number of pyridine rings is 1. The molecule has 1 fully saturated rings. The molecule has 3 aromatic heterocycles. The van der Waals surface area contributed by atoms with Crippen molar-refractivity contribution in [1.82, 2.24) is 24.8 Å². The number of anilines is 2. The van der Waals surface area contributed by atoms with Crippen molar-refractivity contribution in [2.75, 3.05) is 31.3 Å². The lowest BCUT2D eigenvalue weighted by Crippen LogP contribution is -2.33. The first-order valence-electron chi connectivity index (χ1n) is 13.1. The van der Waals surface area contributed by atoms with Crippen LogP contribution in [0.2, 0.25) is 0 Å². The minimum Gasteiger partial charge on any atom is -0.371 e. The fourth-order valence-corrected chi connectivity index (χ4v) is 6.69. The number of nitrogens with one attached hydrogen (secondary N) is 2. The van der Waals surface area contributed by atoms with Crippen LogP contribution in [0.15, 0.2) is 76.0 Å². The highest BCUT2D eigenvalue weighted by Gasteiger charge is 2.20. The highest BCUT2D eigenvalue weighted by atomic mass is 32.2. The van der Waals surface area contributed by atoms with Crippen molar-refractivity contribution < 1.29 is 13.2 Å². The van der Waals surface area contributed by atoms with Gasteiger partial charge in [0.15, 0.2) is 9.84 Å². The van der Waals surface area contributed by atoms with Crippen molar-refractivity contribution in [2.24, 2.45) is 0 Å². The van der Waals surface area contributed by atoms with Gasteiger partial charge in [-0.25, -0.2) is 18.4 Å². The molecule has 1 atom stereocenters. The third-order valence-corrected chi connectivity index (χ3v) is 9.14. The fraction of sp³-hybridized carbons (Fsp3) is 0.241. The molecule has 0 radical (unpaired) electrons. The summed E-state index contributed by atoms with van der Waals surface area (Å²) in [6, 6.07) is 16.3. The predicted molar refractivity (Wildman–Crippen MR) is 160 cm³/mol. The first-order valence-corrected chi connectivity index (χ1v) is 15.8. The maximum atomic E-state index is 14.0. The molecule has 2 N–H and O–H groups in total. The van der Waals surface area contributed by atoms with Gasteiger partial charge in [0.1, 0.15) is 5.65 Å². The summed E-state index contributed by atoms with van der Waals surface area (Å²) in [5.74, 6) is 0.312. The van der Waals surface area contributed by atoms with Crippen LogP contribution in [0.5, 0.6) is 0 Å². The third-order valence-electron chi connectivity index (χ3n) is 6.98. The van der Waals surface area contributed by atoms with E-state index in [4.69, 9.17) is 9.72 Å². The van der Waals surface area contributed by atoms with Crippen LogP contribution in [0.25, 0.3) is 21.5 Å². The van der Waals surface area contributed by atoms with Crippen molar-refractivity contribution in [1.29, 1.82) is 0 Å². The van der Waals surface area contributed by atoms with E-state index in [1.54, 1.807) is 42.0 Å².